The molecule has 6 nitrogen and oxygen atoms in total. The summed E-state index contributed by atoms with van der Waals surface area (Å²) in [6, 6.07) is 0. The molecule has 1 aromatic rings. The van der Waals surface area contributed by atoms with Crippen molar-refractivity contribution < 1.29 is 9.84 Å². The Morgan fingerprint density at radius 2 is 2.09 bits per heavy atom. The van der Waals surface area contributed by atoms with E-state index in [1.807, 2.05) is 6.92 Å². The maximum Gasteiger partial charge on any atom is 0.228 e. The Morgan fingerprint density at radius 1 is 1.26 bits per heavy atom. The number of aliphatic hydroxyl groups excluding tert-OH is 1. The van der Waals surface area contributed by atoms with Crippen molar-refractivity contribution in [2.45, 2.75) is 69.4 Å². The van der Waals surface area contributed by atoms with Crippen LogP contribution in [0.15, 0.2) is 5.16 Å². The van der Waals surface area contributed by atoms with Crippen LogP contribution in [0.2, 0.25) is 0 Å². The second kappa shape index (κ2) is 8.35. The van der Waals surface area contributed by atoms with Crippen LogP contribution >= 0.6 is 11.8 Å². The molecule has 0 spiro atoms. The van der Waals surface area contributed by atoms with Gasteiger partial charge < -0.3 is 14.7 Å². The number of hydrogen-bond acceptors (Lipinski definition) is 6. The van der Waals surface area contributed by atoms with E-state index in [9.17, 15) is 5.11 Å². The third-order valence-corrected chi connectivity index (χ3v) is 5.73. The van der Waals surface area contributed by atoms with E-state index in [2.05, 4.69) is 19.7 Å². The van der Waals surface area contributed by atoms with Crippen LogP contribution in [0.4, 0.5) is 5.95 Å². The molecule has 23 heavy (non-hydrogen) atoms. The zero-order valence-corrected chi connectivity index (χ0v) is 14.8. The van der Waals surface area contributed by atoms with Gasteiger partial charge in [-0.3, -0.25) is 4.57 Å². The van der Waals surface area contributed by atoms with E-state index in [0.29, 0.717) is 5.75 Å². The molecule has 0 unspecified atom stereocenters. The summed E-state index contributed by atoms with van der Waals surface area (Å²) in [4.78, 5) is 2.35. The van der Waals surface area contributed by atoms with E-state index >= 15 is 0 Å². The predicted octanol–water partition coefficient (Wildman–Crippen LogP) is 2.31. The Bertz CT molecular complexity index is 484. The highest BCUT2D eigenvalue weighted by molar-refractivity contribution is 7.99. The van der Waals surface area contributed by atoms with Crippen molar-refractivity contribution in [1.82, 2.24) is 14.8 Å². The summed E-state index contributed by atoms with van der Waals surface area (Å²) < 4.78 is 8.03. The Balaban J connectivity index is 1.75. The van der Waals surface area contributed by atoms with E-state index in [4.69, 9.17) is 4.74 Å². The largest absolute Gasteiger partial charge is 0.392 e. The van der Waals surface area contributed by atoms with Gasteiger partial charge in [-0.25, -0.2) is 0 Å². The lowest BCUT2D eigenvalue weighted by Gasteiger charge is -2.28. The summed E-state index contributed by atoms with van der Waals surface area (Å²) >= 11 is 1.61. The van der Waals surface area contributed by atoms with E-state index in [1.54, 1.807) is 11.8 Å². The second-order valence-corrected chi connectivity index (χ2v) is 7.44. The second-order valence-electron chi connectivity index (χ2n) is 6.45. The zero-order valence-electron chi connectivity index (χ0n) is 14.0. The van der Waals surface area contributed by atoms with E-state index in [0.717, 1.165) is 56.6 Å². The molecular formula is C16H28N4O2S. The molecule has 0 aliphatic carbocycles. The molecule has 7 heteroatoms. The molecule has 2 atom stereocenters. The standard InChI is InChI=1S/C16H28N4O2S/c1-2-13(21)12-23-16-18-17-15(19-8-4-3-5-9-19)20(16)11-14-7-6-10-22-14/h13-14,21H,2-12H2,1H3/t13-,14+/m0/s1. The monoisotopic (exact) mass is 340 g/mol. The Hall–Kier alpha value is -0.790. The molecule has 3 rings (SSSR count). The van der Waals surface area contributed by atoms with Crippen molar-refractivity contribution in [3.63, 3.8) is 0 Å². The summed E-state index contributed by atoms with van der Waals surface area (Å²) in [6.07, 6.45) is 6.76. The highest BCUT2D eigenvalue weighted by Gasteiger charge is 2.24. The first-order valence-corrected chi connectivity index (χ1v) is 9.87. The number of hydrogen-bond donors (Lipinski definition) is 1. The normalized spacial score (nSPS) is 23.4. The topological polar surface area (TPSA) is 63.4 Å². The average Bonchev–Trinajstić information content (AvgIpc) is 3.24. The van der Waals surface area contributed by atoms with Gasteiger partial charge in [0, 0.05) is 25.4 Å². The van der Waals surface area contributed by atoms with Gasteiger partial charge in [0.1, 0.15) is 0 Å². The maximum absolute atomic E-state index is 9.84. The molecular weight excluding hydrogens is 312 g/mol. The van der Waals surface area contributed by atoms with E-state index < -0.39 is 0 Å². The van der Waals surface area contributed by atoms with Crippen molar-refractivity contribution in [3.8, 4) is 0 Å². The minimum atomic E-state index is -0.286. The highest BCUT2D eigenvalue weighted by atomic mass is 32.2. The first kappa shape index (κ1) is 17.0. The lowest BCUT2D eigenvalue weighted by atomic mass is 10.1. The Morgan fingerprint density at radius 3 is 2.78 bits per heavy atom. The third kappa shape index (κ3) is 4.39. The molecule has 2 fully saturated rings. The molecule has 2 aliphatic rings. The van der Waals surface area contributed by atoms with E-state index in [1.165, 1.54) is 19.3 Å². The van der Waals surface area contributed by atoms with Gasteiger partial charge in [0.25, 0.3) is 0 Å². The molecule has 2 aliphatic heterocycles. The molecule has 0 aromatic carbocycles. The van der Waals surface area contributed by atoms with Crippen molar-refractivity contribution in [2.24, 2.45) is 0 Å². The number of piperidine rings is 1. The van der Waals surface area contributed by atoms with Crippen LogP contribution in [-0.2, 0) is 11.3 Å². The van der Waals surface area contributed by atoms with Gasteiger partial charge in [0.2, 0.25) is 5.95 Å². The molecule has 130 valence electrons. The highest BCUT2D eigenvalue weighted by Crippen LogP contribution is 2.27. The van der Waals surface area contributed by atoms with Crippen molar-refractivity contribution in [3.05, 3.63) is 0 Å². The van der Waals surface area contributed by atoms with Gasteiger partial charge in [-0.15, -0.1) is 10.2 Å². The molecule has 3 heterocycles. The van der Waals surface area contributed by atoms with Gasteiger partial charge in [0.05, 0.1) is 18.8 Å². The zero-order chi connectivity index (χ0) is 16.1. The van der Waals surface area contributed by atoms with Crippen molar-refractivity contribution >= 4 is 17.7 Å². The van der Waals surface area contributed by atoms with Crippen LogP contribution < -0.4 is 4.90 Å². The molecule has 1 N–H and O–H groups in total. The van der Waals surface area contributed by atoms with Crippen LogP contribution in [0.1, 0.15) is 45.4 Å². The molecule has 0 amide bonds. The maximum atomic E-state index is 9.84. The van der Waals surface area contributed by atoms with E-state index in [-0.39, 0.29) is 12.2 Å². The molecule has 2 saturated heterocycles. The first-order chi connectivity index (χ1) is 11.3. The third-order valence-electron chi connectivity index (χ3n) is 4.62. The number of thioether (sulfide) groups is 1. The molecule has 0 bridgehead atoms. The van der Waals surface area contributed by atoms with Gasteiger partial charge in [0.15, 0.2) is 5.16 Å². The SMILES string of the molecule is CC[C@H](O)CSc1nnc(N2CCCCC2)n1C[C@H]1CCCO1. The molecule has 0 saturated carbocycles. The van der Waals surface area contributed by atoms with Crippen molar-refractivity contribution in [1.29, 1.82) is 0 Å². The lowest BCUT2D eigenvalue weighted by molar-refractivity contribution is 0.0951. The number of anilines is 1. The van der Waals surface area contributed by atoms with Gasteiger partial charge in [-0.2, -0.15) is 0 Å². The van der Waals surface area contributed by atoms with Crippen LogP contribution in [0.3, 0.4) is 0 Å². The van der Waals surface area contributed by atoms with Gasteiger partial charge in [-0.05, 0) is 38.5 Å². The van der Waals surface area contributed by atoms with Crippen LogP contribution in [0.25, 0.3) is 0 Å². The van der Waals surface area contributed by atoms with Crippen LogP contribution in [0, 0.1) is 0 Å². The summed E-state index contributed by atoms with van der Waals surface area (Å²) in [5.41, 5.74) is 0. The smallest absolute Gasteiger partial charge is 0.228 e. The van der Waals surface area contributed by atoms with Gasteiger partial charge in [-0.1, -0.05) is 18.7 Å². The first-order valence-electron chi connectivity index (χ1n) is 8.88. The summed E-state index contributed by atoms with van der Waals surface area (Å²) in [5, 5.41) is 19.6. The van der Waals surface area contributed by atoms with Crippen LogP contribution in [0.5, 0.6) is 0 Å². The number of nitrogens with zero attached hydrogens (tertiary/aromatic N) is 4. The minimum absolute atomic E-state index is 0.269. The fraction of sp³-hybridized carbons (Fsp3) is 0.875. The minimum Gasteiger partial charge on any atom is -0.392 e. The summed E-state index contributed by atoms with van der Waals surface area (Å²) in [7, 11) is 0. The fourth-order valence-corrected chi connectivity index (χ4v) is 4.14. The molecule has 0 radical (unpaired) electrons. The Kier molecular flexibility index (Phi) is 6.19. The number of aromatic nitrogens is 3. The molecule has 1 aromatic heterocycles. The van der Waals surface area contributed by atoms with Crippen molar-refractivity contribution in [2.75, 3.05) is 30.3 Å². The predicted molar refractivity (Wildman–Crippen MR) is 92.1 cm³/mol. The summed E-state index contributed by atoms with van der Waals surface area (Å²) in [6.45, 7) is 5.81. The number of rotatable bonds is 7. The lowest BCUT2D eigenvalue weighted by Crippen LogP contribution is -2.33. The van der Waals surface area contributed by atoms with Crippen LogP contribution in [-0.4, -0.2) is 57.5 Å². The Labute approximate surface area is 142 Å². The quantitative estimate of drug-likeness (QED) is 0.769. The number of ether oxygens (including phenoxy) is 1. The summed E-state index contributed by atoms with van der Waals surface area (Å²) in [5.74, 6) is 1.65. The van der Waals surface area contributed by atoms with Gasteiger partial charge >= 0.3 is 0 Å². The fourth-order valence-electron chi connectivity index (χ4n) is 3.16. The number of aliphatic hydroxyl groups is 1. The average molecular weight is 340 g/mol.